The van der Waals surface area contributed by atoms with Crippen LogP contribution in [-0.2, 0) is 0 Å². The van der Waals surface area contributed by atoms with Crippen LogP contribution < -0.4 is 0 Å². The van der Waals surface area contributed by atoms with E-state index in [9.17, 15) is 4.79 Å². The minimum atomic E-state index is 0.0475. The summed E-state index contributed by atoms with van der Waals surface area (Å²) in [5.74, 6) is 0.0475. The van der Waals surface area contributed by atoms with Gasteiger partial charge in [0.25, 0.3) is 0 Å². The molecular weight excluding hydrogens is 232 g/mol. The molecule has 0 N–H and O–H groups in total. The standard InChI is InChI=1S/C18H18O/c1-13-8-9-17(12-15(13)3)18(19)11-10-16-7-5-4-6-14(16)2/h4-12H,1-3H3. The minimum absolute atomic E-state index is 0.0475. The number of hydrogen-bond donors (Lipinski definition) is 0. The Bertz CT molecular complexity index is 636. The third-order valence-electron chi connectivity index (χ3n) is 3.39. The first-order chi connectivity index (χ1) is 9.08. The van der Waals surface area contributed by atoms with Gasteiger partial charge >= 0.3 is 0 Å². The van der Waals surface area contributed by atoms with Crippen molar-refractivity contribution in [3.63, 3.8) is 0 Å². The summed E-state index contributed by atoms with van der Waals surface area (Å²) in [4.78, 5) is 12.1. The first-order valence-electron chi connectivity index (χ1n) is 6.43. The third kappa shape index (κ3) is 3.19. The average Bonchev–Trinajstić information content (AvgIpc) is 2.40. The van der Waals surface area contributed by atoms with Gasteiger partial charge in [-0.2, -0.15) is 0 Å². The molecule has 0 saturated carbocycles. The highest BCUT2D eigenvalue weighted by Gasteiger charge is 2.03. The van der Waals surface area contributed by atoms with E-state index in [1.165, 1.54) is 11.1 Å². The topological polar surface area (TPSA) is 17.1 Å². The molecule has 0 fully saturated rings. The van der Waals surface area contributed by atoms with Crippen molar-refractivity contribution in [2.24, 2.45) is 0 Å². The number of carbonyl (C=O) groups excluding carboxylic acids is 1. The first kappa shape index (κ1) is 13.3. The van der Waals surface area contributed by atoms with Crippen LogP contribution >= 0.6 is 0 Å². The second-order valence-electron chi connectivity index (χ2n) is 4.85. The zero-order chi connectivity index (χ0) is 13.8. The molecule has 0 aliphatic heterocycles. The molecule has 1 nitrogen and oxygen atoms in total. The largest absolute Gasteiger partial charge is 0.289 e. The number of benzene rings is 2. The molecule has 96 valence electrons. The lowest BCUT2D eigenvalue weighted by molar-refractivity contribution is 0.104. The van der Waals surface area contributed by atoms with Crippen molar-refractivity contribution in [2.75, 3.05) is 0 Å². The molecule has 0 aromatic heterocycles. The zero-order valence-electron chi connectivity index (χ0n) is 11.6. The Morgan fingerprint density at radius 1 is 0.895 bits per heavy atom. The molecule has 0 amide bonds. The molecule has 2 rings (SSSR count). The van der Waals surface area contributed by atoms with E-state index in [0.29, 0.717) is 0 Å². The van der Waals surface area contributed by atoms with Crippen LogP contribution in [0, 0.1) is 20.8 Å². The van der Waals surface area contributed by atoms with Gasteiger partial charge in [0, 0.05) is 5.56 Å². The van der Waals surface area contributed by atoms with Gasteiger partial charge in [-0.25, -0.2) is 0 Å². The van der Waals surface area contributed by atoms with Gasteiger partial charge in [-0.3, -0.25) is 4.79 Å². The highest BCUT2D eigenvalue weighted by atomic mass is 16.1. The summed E-state index contributed by atoms with van der Waals surface area (Å²) in [6.45, 7) is 6.12. The maximum Gasteiger partial charge on any atom is 0.185 e. The quantitative estimate of drug-likeness (QED) is 0.578. The van der Waals surface area contributed by atoms with Crippen molar-refractivity contribution < 1.29 is 4.79 Å². The maximum absolute atomic E-state index is 12.1. The lowest BCUT2D eigenvalue weighted by Gasteiger charge is -2.02. The van der Waals surface area contributed by atoms with E-state index < -0.39 is 0 Å². The Balaban J connectivity index is 2.21. The van der Waals surface area contributed by atoms with Gasteiger partial charge in [0.15, 0.2) is 5.78 Å². The van der Waals surface area contributed by atoms with E-state index in [-0.39, 0.29) is 5.78 Å². The average molecular weight is 250 g/mol. The number of aryl methyl sites for hydroxylation is 3. The summed E-state index contributed by atoms with van der Waals surface area (Å²) < 4.78 is 0. The van der Waals surface area contributed by atoms with E-state index >= 15 is 0 Å². The molecule has 0 unspecified atom stereocenters. The van der Waals surface area contributed by atoms with Gasteiger partial charge in [-0.15, -0.1) is 0 Å². The third-order valence-corrected chi connectivity index (χ3v) is 3.39. The molecule has 0 atom stereocenters. The molecule has 2 aromatic carbocycles. The summed E-state index contributed by atoms with van der Waals surface area (Å²) in [6, 6.07) is 13.8. The molecule has 0 aliphatic rings. The fourth-order valence-electron chi connectivity index (χ4n) is 1.93. The number of hydrogen-bond acceptors (Lipinski definition) is 1. The first-order valence-corrected chi connectivity index (χ1v) is 6.43. The molecular formula is C18H18O. The summed E-state index contributed by atoms with van der Waals surface area (Å²) in [7, 11) is 0. The Kier molecular flexibility index (Phi) is 3.96. The SMILES string of the molecule is Cc1ccc(C(=O)C=Cc2ccccc2C)cc1C. The molecule has 2 aromatic rings. The summed E-state index contributed by atoms with van der Waals surface area (Å²) in [5.41, 5.74) is 5.36. The van der Waals surface area contributed by atoms with Gasteiger partial charge in [0.2, 0.25) is 0 Å². The lowest BCUT2D eigenvalue weighted by Crippen LogP contribution is -1.95. The second-order valence-corrected chi connectivity index (χ2v) is 4.85. The van der Waals surface area contributed by atoms with Crippen molar-refractivity contribution in [1.82, 2.24) is 0 Å². The number of carbonyl (C=O) groups is 1. The molecule has 0 spiro atoms. The molecule has 0 aliphatic carbocycles. The summed E-state index contributed by atoms with van der Waals surface area (Å²) in [5, 5.41) is 0. The van der Waals surface area contributed by atoms with Crippen LogP contribution in [0.15, 0.2) is 48.5 Å². The lowest BCUT2D eigenvalue weighted by atomic mass is 10.0. The van der Waals surface area contributed by atoms with Crippen LogP contribution in [0.3, 0.4) is 0 Å². The van der Waals surface area contributed by atoms with Crippen LogP contribution in [0.4, 0.5) is 0 Å². The van der Waals surface area contributed by atoms with E-state index in [0.717, 1.165) is 16.7 Å². The van der Waals surface area contributed by atoms with Crippen molar-refractivity contribution >= 4 is 11.9 Å². The van der Waals surface area contributed by atoms with Gasteiger partial charge in [0.05, 0.1) is 0 Å². The zero-order valence-corrected chi connectivity index (χ0v) is 11.6. The molecule has 0 heterocycles. The molecule has 0 radical (unpaired) electrons. The van der Waals surface area contributed by atoms with Gasteiger partial charge in [-0.1, -0.05) is 42.5 Å². The highest BCUT2D eigenvalue weighted by molar-refractivity contribution is 6.07. The Morgan fingerprint density at radius 3 is 2.32 bits per heavy atom. The fraction of sp³-hybridized carbons (Fsp3) is 0.167. The fourth-order valence-corrected chi connectivity index (χ4v) is 1.93. The smallest absolute Gasteiger partial charge is 0.185 e. The molecule has 0 bridgehead atoms. The number of rotatable bonds is 3. The van der Waals surface area contributed by atoms with Gasteiger partial charge < -0.3 is 0 Å². The molecule has 19 heavy (non-hydrogen) atoms. The van der Waals surface area contributed by atoms with Crippen molar-refractivity contribution in [1.29, 1.82) is 0 Å². The number of ketones is 1. The Hall–Kier alpha value is -2.15. The maximum atomic E-state index is 12.1. The van der Waals surface area contributed by atoms with Crippen LogP contribution in [0.5, 0.6) is 0 Å². The minimum Gasteiger partial charge on any atom is -0.289 e. The van der Waals surface area contributed by atoms with E-state index in [1.54, 1.807) is 6.08 Å². The van der Waals surface area contributed by atoms with Gasteiger partial charge in [0.1, 0.15) is 0 Å². The van der Waals surface area contributed by atoms with Gasteiger partial charge in [-0.05, 0) is 55.2 Å². The highest BCUT2D eigenvalue weighted by Crippen LogP contribution is 2.13. The Morgan fingerprint density at radius 2 is 1.63 bits per heavy atom. The van der Waals surface area contributed by atoms with Crippen LogP contribution in [0.2, 0.25) is 0 Å². The second kappa shape index (κ2) is 5.66. The van der Waals surface area contributed by atoms with Crippen molar-refractivity contribution in [2.45, 2.75) is 20.8 Å². The molecule has 1 heteroatoms. The Labute approximate surface area is 114 Å². The van der Waals surface area contributed by atoms with Crippen LogP contribution in [0.1, 0.15) is 32.6 Å². The van der Waals surface area contributed by atoms with E-state index in [2.05, 4.69) is 0 Å². The summed E-state index contributed by atoms with van der Waals surface area (Å²) >= 11 is 0. The predicted molar refractivity (Wildman–Crippen MR) is 80.5 cm³/mol. The normalized spacial score (nSPS) is 10.9. The molecule has 0 saturated heterocycles. The van der Waals surface area contributed by atoms with Crippen molar-refractivity contribution in [3.05, 3.63) is 76.4 Å². The van der Waals surface area contributed by atoms with Crippen molar-refractivity contribution in [3.8, 4) is 0 Å². The van der Waals surface area contributed by atoms with Crippen LogP contribution in [-0.4, -0.2) is 5.78 Å². The number of allylic oxidation sites excluding steroid dienone is 1. The van der Waals surface area contributed by atoms with E-state index in [4.69, 9.17) is 0 Å². The predicted octanol–water partition coefficient (Wildman–Crippen LogP) is 4.51. The summed E-state index contributed by atoms with van der Waals surface area (Å²) in [6.07, 6.45) is 3.53. The van der Waals surface area contributed by atoms with E-state index in [1.807, 2.05) is 69.3 Å². The monoisotopic (exact) mass is 250 g/mol. The van der Waals surface area contributed by atoms with Crippen LogP contribution in [0.25, 0.3) is 6.08 Å².